The van der Waals surface area contributed by atoms with Gasteiger partial charge in [0.1, 0.15) is 0 Å². The molecule has 45 heavy (non-hydrogen) atoms. The summed E-state index contributed by atoms with van der Waals surface area (Å²) in [6, 6.07) is 14.2. The predicted molar refractivity (Wildman–Crippen MR) is 165 cm³/mol. The van der Waals surface area contributed by atoms with E-state index in [9.17, 15) is 14.7 Å². The Kier molecular flexibility index (Phi) is 8.73. The molecule has 0 unspecified atom stereocenters. The molecule has 3 aromatic carbocycles. The number of phenolic OH excluding ortho intramolecular Hbond substituents is 1. The molecule has 1 fully saturated rings. The third kappa shape index (κ3) is 5.85. The summed E-state index contributed by atoms with van der Waals surface area (Å²) in [4.78, 5) is 29.3. The quantitative estimate of drug-likeness (QED) is 0.217. The van der Waals surface area contributed by atoms with Crippen LogP contribution in [0.4, 0.5) is 0 Å². The Labute approximate surface area is 262 Å². The monoisotopic (exact) mass is 617 g/mol. The van der Waals surface area contributed by atoms with Crippen molar-refractivity contribution in [2.45, 2.75) is 25.4 Å². The Morgan fingerprint density at radius 3 is 2.31 bits per heavy atom. The molecule has 11 heteroatoms. The second-order valence-corrected chi connectivity index (χ2v) is 11.6. The van der Waals surface area contributed by atoms with Gasteiger partial charge in [-0.15, -0.1) is 0 Å². The molecule has 2 heterocycles. The van der Waals surface area contributed by atoms with E-state index in [-0.39, 0.29) is 48.4 Å². The fourth-order valence-electron chi connectivity index (χ4n) is 6.50. The fraction of sp³-hybridized carbons (Fsp3) is 0.412. The van der Waals surface area contributed by atoms with Crippen molar-refractivity contribution < 1.29 is 38.4 Å². The number of rotatable bonds is 11. The van der Waals surface area contributed by atoms with E-state index in [0.29, 0.717) is 29.2 Å². The molecular formula is C34H39N3O8. The van der Waals surface area contributed by atoms with Gasteiger partial charge in [0, 0.05) is 37.0 Å². The predicted octanol–water partition coefficient (Wildman–Crippen LogP) is 3.59. The number of nitrogens with one attached hydrogen (secondary N) is 2. The van der Waals surface area contributed by atoms with Crippen molar-refractivity contribution in [2.75, 3.05) is 54.3 Å². The third-order valence-corrected chi connectivity index (χ3v) is 9.09. The number of cyclic esters (lactones) is 1. The van der Waals surface area contributed by atoms with Gasteiger partial charge in [0.05, 0.1) is 32.8 Å². The summed E-state index contributed by atoms with van der Waals surface area (Å²) in [6.45, 7) is 5.90. The molecule has 6 rings (SSSR count). The first-order chi connectivity index (χ1) is 21.8. The highest BCUT2D eigenvalue weighted by Crippen LogP contribution is 2.55. The van der Waals surface area contributed by atoms with Crippen molar-refractivity contribution in [1.82, 2.24) is 15.5 Å². The number of benzene rings is 3. The maximum absolute atomic E-state index is 13.7. The van der Waals surface area contributed by atoms with Crippen LogP contribution in [-0.4, -0.2) is 76.2 Å². The van der Waals surface area contributed by atoms with Crippen molar-refractivity contribution >= 4 is 11.9 Å². The van der Waals surface area contributed by atoms with Crippen LogP contribution < -0.4 is 29.6 Å². The van der Waals surface area contributed by atoms with Crippen LogP contribution in [-0.2, 0) is 16.1 Å². The number of carbonyl (C=O) groups is 2. The van der Waals surface area contributed by atoms with E-state index < -0.39 is 17.9 Å². The van der Waals surface area contributed by atoms with Crippen LogP contribution in [0, 0.1) is 11.8 Å². The maximum Gasteiger partial charge on any atom is 0.310 e. The lowest BCUT2D eigenvalue weighted by Gasteiger charge is -2.39. The van der Waals surface area contributed by atoms with Gasteiger partial charge in [-0.2, -0.15) is 0 Å². The highest BCUT2D eigenvalue weighted by Gasteiger charge is 2.53. The molecule has 0 bridgehead atoms. The second-order valence-electron chi connectivity index (χ2n) is 11.6. The lowest BCUT2D eigenvalue weighted by Crippen LogP contribution is -2.42. The van der Waals surface area contributed by atoms with Gasteiger partial charge in [-0.1, -0.05) is 19.1 Å². The third-order valence-electron chi connectivity index (χ3n) is 9.09. The highest BCUT2D eigenvalue weighted by atomic mass is 16.7. The van der Waals surface area contributed by atoms with Crippen LogP contribution in [0.25, 0.3) is 0 Å². The standard InChI is InChI=1S/C34H39N3O8/c1-5-37(2)11-10-35-16-19-6-8-20(9-7-19)33(39)36-31-23-15-26-25(44-18-45-26)14-22(23)29(30-24(31)17-43-34(30)40)21-12-27(41-3)32(38)28(13-21)42-4/h6-9,12-15,24,29-31,35,38H,5,10-11,16-18H2,1-4H3,(H,36,39)/t24-,29+,30-,31+/m0/s1. The number of hydrogen-bond donors (Lipinski definition) is 3. The molecule has 4 atom stereocenters. The Balaban J connectivity index is 1.32. The van der Waals surface area contributed by atoms with E-state index in [4.69, 9.17) is 23.7 Å². The van der Waals surface area contributed by atoms with E-state index in [1.165, 1.54) is 14.2 Å². The van der Waals surface area contributed by atoms with Gasteiger partial charge >= 0.3 is 5.97 Å². The Morgan fingerprint density at radius 1 is 1.00 bits per heavy atom. The number of aromatic hydroxyl groups is 1. The minimum atomic E-state index is -0.623. The highest BCUT2D eigenvalue weighted by molar-refractivity contribution is 5.94. The fourth-order valence-corrected chi connectivity index (χ4v) is 6.50. The molecule has 0 spiro atoms. The summed E-state index contributed by atoms with van der Waals surface area (Å²) in [5.41, 5.74) is 3.89. The Morgan fingerprint density at radius 2 is 1.67 bits per heavy atom. The Hall–Kier alpha value is -4.48. The SMILES string of the molecule is CCN(C)CCNCc1ccc(C(=O)N[C@@H]2c3cc4c(cc3[C@@H](c3cc(OC)c(O)c(OC)c3)[C@H]3C(=O)OC[C@@H]32)OCO4)cc1. The van der Waals surface area contributed by atoms with E-state index >= 15 is 0 Å². The van der Waals surface area contributed by atoms with Crippen LogP contribution in [0.1, 0.15) is 51.5 Å². The number of methoxy groups -OCH3 is 2. The number of nitrogens with zero attached hydrogens (tertiary/aromatic N) is 1. The number of ether oxygens (including phenoxy) is 5. The van der Waals surface area contributed by atoms with Crippen molar-refractivity contribution in [2.24, 2.45) is 11.8 Å². The normalized spacial score (nSPS) is 21.2. The van der Waals surface area contributed by atoms with E-state index in [0.717, 1.165) is 36.3 Å². The molecule has 0 saturated carbocycles. The van der Waals surface area contributed by atoms with Crippen LogP contribution in [0.15, 0.2) is 48.5 Å². The first-order valence-electron chi connectivity index (χ1n) is 15.2. The molecule has 1 aliphatic carbocycles. The second kappa shape index (κ2) is 12.9. The molecular weight excluding hydrogens is 578 g/mol. The van der Waals surface area contributed by atoms with E-state index in [2.05, 4.69) is 29.5 Å². The number of amides is 1. The van der Waals surface area contributed by atoms with Gasteiger partial charge < -0.3 is 44.3 Å². The van der Waals surface area contributed by atoms with Crippen LogP contribution in [0.5, 0.6) is 28.7 Å². The molecule has 0 radical (unpaired) electrons. The number of carbonyl (C=O) groups excluding carboxylic acids is 2. The van der Waals surface area contributed by atoms with Gasteiger partial charge in [-0.3, -0.25) is 9.59 Å². The molecule has 3 aromatic rings. The average molecular weight is 618 g/mol. The number of hydrogen-bond acceptors (Lipinski definition) is 10. The number of fused-ring (bicyclic) bond motifs is 3. The molecule has 11 nitrogen and oxygen atoms in total. The molecule has 3 aliphatic rings. The zero-order chi connectivity index (χ0) is 31.7. The molecule has 0 aromatic heterocycles. The smallest absolute Gasteiger partial charge is 0.310 e. The van der Waals surface area contributed by atoms with E-state index in [1.807, 2.05) is 36.4 Å². The van der Waals surface area contributed by atoms with Gasteiger partial charge in [-0.25, -0.2) is 0 Å². The molecule has 1 saturated heterocycles. The molecule has 1 amide bonds. The van der Waals surface area contributed by atoms with Crippen molar-refractivity contribution in [3.05, 3.63) is 76.3 Å². The Bertz CT molecular complexity index is 1550. The first kappa shape index (κ1) is 30.5. The zero-order valence-corrected chi connectivity index (χ0v) is 25.9. The van der Waals surface area contributed by atoms with Crippen molar-refractivity contribution in [1.29, 1.82) is 0 Å². The van der Waals surface area contributed by atoms with Crippen LogP contribution in [0.3, 0.4) is 0 Å². The van der Waals surface area contributed by atoms with Gasteiger partial charge in [0.25, 0.3) is 5.91 Å². The van der Waals surface area contributed by atoms with Crippen molar-refractivity contribution in [3.8, 4) is 28.7 Å². The maximum atomic E-state index is 13.7. The minimum absolute atomic E-state index is 0.0756. The number of likely N-dealkylation sites (N-methyl/N-ethyl adjacent to an activating group) is 1. The van der Waals surface area contributed by atoms with Crippen LogP contribution in [0.2, 0.25) is 0 Å². The minimum Gasteiger partial charge on any atom is -0.502 e. The average Bonchev–Trinajstić information content (AvgIpc) is 3.68. The topological polar surface area (TPSA) is 128 Å². The summed E-state index contributed by atoms with van der Waals surface area (Å²) < 4.78 is 28.0. The summed E-state index contributed by atoms with van der Waals surface area (Å²) >= 11 is 0. The zero-order valence-electron chi connectivity index (χ0n) is 25.9. The lowest BCUT2D eigenvalue weighted by molar-refractivity contribution is -0.141. The lowest BCUT2D eigenvalue weighted by atomic mass is 9.65. The molecule has 3 N–H and O–H groups in total. The summed E-state index contributed by atoms with van der Waals surface area (Å²) in [7, 11) is 5.00. The van der Waals surface area contributed by atoms with E-state index in [1.54, 1.807) is 12.1 Å². The number of phenols is 1. The summed E-state index contributed by atoms with van der Waals surface area (Å²) in [5, 5.41) is 17.2. The van der Waals surface area contributed by atoms with Crippen molar-refractivity contribution in [3.63, 3.8) is 0 Å². The van der Waals surface area contributed by atoms with Gasteiger partial charge in [0.2, 0.25) is 12.5 Å². The van der Waals surface area contributed by atoms with Gasteiger partial charge in [-0.05, 0) is 72.2 Å². The molecule has 2 aliphatic heterocycles. The number of esters is 1. The largest absolute Gasteiger partial charge is 0.502 e. The summed E-state index contributed by atoms with van der Waals surface area (Å²) in [5.74, 6) is -0.666. The van der Waals surface area contributed by atoms with Crippen LogP contribution >= 0.6 is 0 Å². The first-order valence-corrected chi connectivity index (χ1v) is 15.2. The summed E-state index contributed by atoms with van der Waals surface area (Å²) in [6.07, 6.45) is 0. The molecule has 238 valence electrons. The van der Waals surface area contributed by atoms with Gasteiger partial charge in [0.15, 0.2) is 23.0 Å².